The van der Waals surface area contributed by atoms with E-state index >= 15 is 0 Å². The number of hydrogen-bond donors (Lipinski definition) is 2. The molecule has 0 spiro atoms. The summed E-state index contributed by atoms with van der Waals surface area (Å²) in [4.78, 5) is 15.5. The number of aliphatic hydroxyl groups excluding tert-OH is 2. The minimum atomic E-state index is -1.90. The second-order valence-corrected chi connectivity index (χ2v) is 3.53. The Morgan fingerprint density at radius 3 is 2.94 bits per heavy atom. The Hall–Kier alpha value is -1.76. The van der Waals surface area contributed by atoms with Gasteiger partial charge in [0.05, 0.1) is 5.70 Å². The summed E-state index contributed by atoms with van der Waals surface area (Å²) in [5, 5.41) is 19.1. The Kier molecular flexibility index (Phi) is 3.19. The van der Waals surface area contributed by atoms with Crippen LogP contribution in [-0.4, -0.2) is 33.9 Å². The number of halogens is 1. The quantitative estimate of drug-likeness (QED) is 0.547. The summed E-state index contributed by atoms with van der Waals surface area (Å²) in [6, 6.07) is 0. The molecule has 6 heteroatoms. The van der Waals surface area contributed by atoms with Crippen LogP contribution >= 0.6 is 0 Å². The van der Waals surface area contributed by atoms with Crippen LogP contribution in [-0.2, 0) is 9.74 Å². The highest BCUT2D eigenvalue weighted by Gasteiger charge is 2.31. The first-order chi connectivity index (χ1) is 8.19. The van der Waals surface area contributed by atoms with Gasteiger partial charge in [0.25, 0.3) is 0 Å². The standard InChI is InChI=1S/C11H10FNO4/c12-17-11(16)8-5-7(6-14)9-3-1-2-4-13(9)10(8)15/h1-6,10-11,15-16H. The third-order valence-corrected chi connectivity index (χ3v) is 2.57. The molecule has 2 aliphatic rings. The number of aliphatic hydroxyl groups is 2. The van der Waals surface area contributed by atoms with Crippen LogP contribution in [0.5, 0.6) is 0 Å². The molecule has 0 fully saturated rings. The van der Waals surface area contributed by atoms with Gasteiger partial charge in [-0.1, -0.05) is 6.08 Å². The van der Waals surface area contributed by atoms with E-state index in [0.29, 0.717) is 12.0 Å². The predicted octanol–water partition coefficient (Wildman–Crippen LogP) is 0.303. The van der Waals surface area contributed by atoms with Crippen molar-refractivity contribution < 1.29 is 24.5 Å². The van der Waals surface area contributed by atoms with Gasteiger partial charge in [0.1, 0.15) is 0 Å². The zero-order valence-electron chi connectivity index (χ0n) is 8.65. The summed E-state index contributed by atoms with van der Waals surface area (Å²) < 4.78 is 11.9. The molecular weight excluding hydrogens is 229 g/mol. The maximum absolute atomic E-state index is 11.9. The predicted molar refractivity (Wildman–Crippen MR) is 55.5 cm³/mol. The number of carbonyl (C=O) groups is 1. The molecule has 17 heavy (non-hydrogen) atoms. The summed E-state index contributed by atoms with van der Waals surface area (Å²) in [5.41, 5.74) is 0.560. The average molecular weight is 239 g/mol. The molecule has 0 aliphatic carbocycles. The van der Waals surface area contributed by atoms with Crippen molar-refractivity contribution in [2.75, 3.05) is 0 Å². The van der Waals surface area contributed by atoms with E-state index in [9.17, 15) is 19.5 Å². The maximum atomic E-state index is 11.9. The average Bonchev–Trinajstić information content (AvgIpc) is 2.39. The molecule has 0 saturated carbocycles. The number of aldehydes is 1. The van der Waals surface area contributed by atoms with Crippen molar-refractivity contribution in [1.82, 2.24) is 4.90 Å². The van der Waals surface area contributed by atoms with Gasteiger partial charge in [-0.3, -0.25) is 4.79 Å². The molecule has 2 atom stereocenters. The highest BCUT2D eigenvalue weighted by atomic mass is 19.3. The van der Waals surface area contributed by atoms with Gasteiger partial charge in [0, 0.05) is 17.3 Å². The van der Waals surface area contributed by atoms with Crippen LogP contribution in [0.2, 0.25) is 0 Å². The lowest BCUT2D eigenvalue weighted by molar-refractivity contribution is -0.244. The van der Waals surface area contributed by atoms with Crippen molar-refractivity contribution in [2.24, 2.45) is 0 Å². The van der Waals surface area contributed by atoms with Gasteiger partial charge in [-0.15, -0.1) is 0 Å². The fourth-order valence-corrected chi connectivity index (χ4v) is 1.75. The third kappa shape index (κ3) is 1.93. The normalized spacial score (nSPS) is 24.5. The molecule has 90 valence electrons. The van der Waals surface area contributed by atoms with Crippen LogP contribution in [0.15, 0.2) is 47.3 Å². The highest BCUT2D eigenvalue weighted by molar-refractivity contribution is 5.81. The molecular formula is C11H10FNO4. The first-order valence-corrected chi connectivity index (χ1v) is 4.86. The SMILES string of the molecule is O=CC1=C2C=CC=CN2C(O)C(C(O)OF)=C1. The summed E-state index contributed by atoms with van der Waals surface area (Å²) in [5.74, 6) is 0. The minimum absolute atomic E-state index is 0.140. The maximum Gasteiger partial charge on any atom is 0.221 e. The second kappa shape index (κ2) is 4.62. The number of fused-ring (bicyclic) bond motifs is 1. The van der Waals surface area contributed by atoms with Gasteiger partial charge in [-0.2, -0.15) is 4.94 Å². The van der Waals surface area contributed by atoms with Gasteiger partial charge in [0.2, 0.25) is 6.29 Å². The number of hydrogen-bond acceptors (Lipinski definition) is 5. The second-order valence-electron chi connectivity index (χ2n) is 3.53. The Morgan fingerprint density at radius 2 is 2.29 bits per heavy atom. The molecule has 0 aromatic heterocycles. The monoisotopic (exact) mass is 239 g/mol. The van der Waals surface area contributed by atoms with Gasteiger partial charge in [-0.05, 0) is 22.8 Å². The zero-order chi connectivity index (χ0) is 12.4. The van der Waals surface area contributed by atoms with Crippen LogP contribution in [0.25, 0.3) is 0 Å². The first-order valence-electron chi connectivity index (χ1n) is 4.86. The summed E-state index contributed by atoms with van der Waals surface area (Å²) in [6.45, 7) is 0. The van der Waals surface area contributed by atoms with Crippen LogP contribution in [0, 0.1) is 0 Å². The Morgan fingerprint density at radius 1 is 1.53 bits per heavy atom. The summed E-state index contributed by atoms with van der Waals surface area (Å²) in [6.07, 6.45) is 5.06. The van der Waals surface area contributed by atoms with Crippen LogP contribution in [0.4, 0.5) is 4.53 Å². The molecule has 2 unspecified atom stereocenters. The molecule has 2 aliphatic heterocycles. The van der Waals surface area contributed by atoms with Gasteiger partial charge >= 0.3 is 0 Å². The molecule has 2 heterocycles. The molecule has 0 aromatic carbocycles. The van der Waals surface area contributed by atoms with Crippen molar-refractivity contribution in [3.8, 4) is 0 Å². The molecule has 0 radical (unpaired) electrons. The lowest BCUT2D eigenvalue weighted by atomic mass is 10.0. The Balaban J connectivity index is 2.47. The van der Waals surface area contributed by atoms with Crippen molar-refractivity contribution >= 4 is 6.29 Å². The van der Waals surface area contributed by atoms with E-state index in [0.717, 1.165) is 0 Å². The topological polar surface area (TPSA) is 70.0 Å². The minimum Gasteiger partial charge on any atom is -0.369 e. The van der Waals surface area contributed by atoms with Crippen molar-refractivity contribution in [3.63, 3.8) is 0 Å². The molecule has 0 bridgehead atoms. The van der Waals surface area contributed by atoms with E-state index in [1.807, 2.05) is 0 Å². The van der Waals surface area contributed by atoms with E-state index in [1.165, 1.54) is 17.2 Å². The van der Waals surface area contributed by atoms with Gasteiger partial charge in [-0.25, -0.2) is 0 Å². The van der Waals surface area contributed by atoms with E-state index < -0.39 is 12.5 Å². The number of rotatable bonds is 3. The van der Waals surface area contributed by atoms with Gasteiger partial charge in [0.15, 0.2) is 12.5 Å². The summed E-state index contributed by atoms with van der Waals surface area (Å²) >= 11 is 0. The third-order valence-electron chi connectivity index (χ3n) is 2.57. The van der Waals surface area contributed by atoms with Crippen molar-refractivity contribution in [1.29, 1.82) is 0 Å². The lowest BCUT2D eigenvalue weighted by Crippen LogP contribution is -2.39. The number of allylic oxidation sites excluding steroid dienone is 5. The largest absolute Gasteiger partial charge is 0.369 e. The fraction of sp³-hybridized carbons (Fsp3) is 0.182. The number of carbonyl (C=O) groups excluding carboxylic acids is 1. The molecule has 2 rings (SSSR count). The summed E-state index contributed by atoms with van der Waals surface area (Å²) in [7, 11) is 0. The lowest BCUT2D eigenvalue weighted by Gasteiger charge is -2.35. The molecule has 5 nitrogen and oxygen atoms in total. The molecule has 2 N–H and O–H groups in total. The Bertz CT molecular complexity index is 452. The molecule has 0 aromatic rings. The molecule has 0 saturated heterocycles. The van der Waals surface area contributed by atoms with Crippen molar-refractivity contribution in [3.05, 3.63) is 47.3 Å². The Labute approximate surface area is 96.3 Å². The fourth-order valence-electron chi connectivity index (χ4n) is 1.75. The van der Waals surface area contributed by atoms with E-state index in [4.69, 9.17) is 0 Å². The first kappa shape index (κ1) is 11.7. The molecule has 0 amide bonds. The number of nitrogens with zero attached hydrogens (tertiary/aromatic N) is 1. The van der Waals surface area contributed by atoms with Crippen molar-refractivity contribution in [2.45, 2.75) is 12.5 Å². The zero-order valence-corrected chi connectivity index (χ0v) is 8.65. The van der Waals surface area contributed by atoms with Crippen LogP contribution in [0.3, 0.4) is 0 Å². The van der Waals surface area contributed by atoms with Gasteiger partial charge < -0.3 is 15.1 Å². The van der Waals surface area contributed by atoms with E-state index in [-0.39, 0.29) is 11.1 Å². The van der Waals surface area contributed by atoms with E-state index in [2.05, 4.69) is 4.94 Å². The van der Waals surface area contributed by atoms with Crippen LogP contribution < -0.4 is 0 Å². The van der Waals surface area contributed by atoms with E-state index in [1.54, 1.807) is 18.2 Å². The van der Waals surface area contributed by atoms with Crippen LogP contribution in [0.1, 0.15) is 0 Å². The highest BCUT2D eigenvalue weighted by Crippen LogP contribution is 2.29. The smallest absolute Gasteiger partial charge is 0.221 e.